The lowest BCUT2D eigenvalue weighted by Gasteiger charge is -2.11. The average molecular weight is 380 g/mol. The molecule has 0 saturated heterocycles. The maximum absolute atomic E-state index is 4.17. The van der Waals surface area contributed by atoms with Gasteiger partial charge >= 0.3 is 0 Å². The third-order valence-electron chi connectivity index (χ3n) is 2.77. The number of unbranched alkanes of at least 4 members (excludes halogenated alkanes) is 3. The Kier molecular flexibility index (Phi) is 10.5. The molecule has 1 aromatic heterocycles. The van der Waals surface area contributed by atoms with E-state index in [0.717, 1.165) is 18.3 Å². The fourth-order valence-corrected chi connectivity index (χ4v) is 1.62. The van der Waals surface area contributed by atoms with E-state index in [1.807, 2.05) is 7.05 Å². The first-order chi connectivity index (χ1) is 8.77. The lowest BCUT2D eigenvalue weighted by Crippen LogP contribution is -2.37. The number of guanidine groups is 1. The zero-order chi connectivity index (χ0) is 13.2. The van der Waals surface area contributed by atoms with Crippen molar-refractivity contribution in [3.05, 3.63) is 12.2 Å². The second-order valence-electron chi connectivity index (χ2n) is 4.21. The Morgan fingerprint density at radius 3 is 2.68 bits per heavy atom. The first-order valence-electron chi connectivity index (χ1n) is 6.55. The minimum absolute atomic E-state index is 0. The van der Waals surface area contributed by atoms with Gasteiger partial charge in [0.2, 0.25) is 0 Å². The topological polar surface area (TPSA) is 67.1 Å². The average Bonchev–Trinajstić information content (AvgIpc) is 2.78. The van der Waals surface area contributed by atoms with Crippen molar-refractivity contribution >= 4 is 29.9 Å². The Morgan fingerprint density at radius 2 is 2.11 bits per heavy atom. The number of aliphatic imine (C=N–C) groups is 1. The van der Waals surface area contributed by atoms with Crippen LogP contribution in [0.5, 0.6) is 0 Å². The molecule has 0 aliphatic rings. The highest BCUT2D eigenvalue weighted by Gasteiger charge is 2.01. The molecule has 0 aromatic carbocycles. The lowest BCUT2D eigenvalue weighted by atomic mass is 10.2. The molecule has 7 heteroatoms. The fraction of sp³-hybridized carbons (Fsp3) is 0.750. The smallest absolute Gasteiger partial charge is 0.191 e. The van der Waals surface area contributed by atoms with E-state index in [0.29, 0.717) is 6.54 Å². The molecule has 6 nitrogen and oxygen atoms in total. The Bertz CT molecular complexity index is 363. The monoisotopic (exact) mass is 380 g/mol. The number of nitrogens with zero attached hydrogens (tertiary/aromatic N) is 4. The molecule has 0 radical (unpaired) electrons. The third kappa shape index (κ3) is 7.34. The summed E-state index contributed by atoms with van der Waals surface area (Å²) in [6.45, 7) is 3.80. The fourth-order valence-electron chi connectivity index (χ4n) is 1.62. The molecule has 19 heavy (non-hydrogen) atoms. The first kappa shape index (κ1) is 18.1. The van der Waals surface area contributed by atoms with Crippen LogP contribution in [-0.2, 0) is 13.6 Å². The molecule has 0 bridgehead atoms. The van der Waals surface area contributed by atoms with Gasteiger partial charge < -0.3 is 10.6 Å². The van der Waals surface area contributed by atoms with Crippen molar-refractivity contribution < 1.29 is 0 Å². The molecule has 0 aliphatic heterocycles. The second-order valence-corrected chi connectivity index (χ2v) is 4.21. The number of aromatic nitrogens is 3. The number of aryl methyl sites for hydroxylation is 1. The van der Waals surface area contributed by atoms with Crippen molar-refractivity contribution in [2.24, 2.45) is 12.0 Å². The van der Waals surface area contributed by atoms with Crippen LogP contribution in [0.1, 0.15) is 38.4 Å². The van der Waals surface area contributed by atoms with Gasteiger partial charge in [-0.2, -0.15) is 5.10 Å². The van der Waals surface area contributed by atoms with Gasteiger partial charge in [0.15, 0.2) is 5.96 Å². The third-order valence-corrected chi connectivity index (χ3v) is 2.77. The van der Waals surface area contributed by atoms with Gasteiger partial charge in [0.25, 0.3) is 0 Å². The van der Waals surface area contributed by atoms with E-state index < -0.39 is 0 Å². The molecule has 1 rings (SSSR count). The summed E-state index contributed by atoms with van der Waals surface area (Å²) in [6, 6.07) is 0. The van der Waals surface area contributed by atoms with Crippen molar-refractivity contribution in [3.63, 3.8) is 0 Å². The molecule has 0 aliphatic carbocycles. The second kappa shape index (κ2) is 11.0. The summed E-state index contributed by atoms with van der Waals surface area (Å²) in [7, 11) is 3.66. The molecule has 0 fully saturated rings. The number of halogens is 1. The molecule has 1 heterocycles. The molecule has 0 saturated carbocycles. The molecule has 2 N–H and O–H groups in total. The maximum atomic E-state index is 4.17. The van der Waals surface area contributed by atoms with E-state index in [1.165, 1.54) is 25.7 Å². The predicted octanol–water partition coefficient (Wildman–Crippen LogP) is 1.68. The van der Waals surface area contributed by atoms with Crippen molar-refractivity contribution in [2.45, 2.75) is 39.2 Å². The van der Waals surface area contributed by atoms with Crippen LogP contribution in [-0.4, -0.2) is 34.3 Å². The van der Waals surface area contributed by atoms with Gasteiger partial charge in [-0.25, -0.2) is 4.98 Å². The van der Waals surface area contributed by atoms with Gasteiger partial charge in [0.05, 0.1) is 6.54 Å². The van der Waals surface area contributed by atoms with Crippen LogP contribution in [0.3, 0.4) is 0 Å². The van der Waals surface area contributed by atoms with Gasteiger partial charge in [0.1, 0.15) is 12.2 Å². The molecule has 0 amide bonds. The SMILES string of the molecule is CCCCCCNC(=NC)NCc1ncnn1C.I. The van der Waals surface area contributed by atoms with Crippen LogP contribution in [0, 0.1) is 0 Å². The number of hydrogen-bond donors (Lipinski definition) is 2. The minimum atomic E-state index is 0. The number of rotatable bonds is 7. The summed E-state index contributed by atoms with van der Waals surface area (Å²) in [6.07, 6.45) is 6.56. The van der Waals surface area contributed by atoms with Crippen LogP contribution in [0.2, 0.25) is 0 Å². The normalized spacial score (nSPS) is 11.0. The molecule has 0 spiro atoms. The van der Waals surface area contributed by atoms with E-state index in [4.69, 9.17) is 0 Å². The van der Waals surface area contributed by atoms with Gasteiger partial charge in [-0.3, -0.25) is 9.67 Å². The maximum Gasteiger partial charge on any atom is 0.191 e. The van der Waals surface area contributed by atoms with Gasteiger partial charge in [0, 0.05) is 20.6 Å². The molecule has 110 valence electrons. The van der Waals surface area contributed by atoms with Gasteiger partial charge in [-0.1, -0.05) is 26.2 Å². The number of hydrogen-bond acceptors (Lipinski definition) is 3. The first-order valence-corrected chi connectivity index (χ1v) is 6.55. The van der Waals surface area contributed by atoms with Crippen molar-refractivity contribution in [2.75, 3.05) is 13.6 Å². The van der Waals surface area contributed by atoms with Crippen LogP contribution in [0.25, 0.3) is 0 Å². The Hall–Kier alpha value is -0.860. The summed E-state index contributed by atoms with van der Waals surface area (Å²) >= 11 is 0. The van der Waals surface area contributed by atoms with Crippen LogP contribution in [0.15, 0.2) is 11.3 Å². The van der Waals surface area contributed by atoms with E-state index >= 15 is 0 Å². The molecule has 0 unspecified atom stereocenters. The molecular weight excluding hydrogens is 355 g/mol. The van der Waals surface area contributed by atoms with Crippen molar-refractivity contribution in [3.8, 4) is 0 Å². The summed E-state index contributed by atoms with van der Waals surface area (Å²) in [5.41, 5.74) is 0. The lowest BCUT2D eigenvalue weighted by molar-refractivity contribution is 0.639. The van der Waals surface area contributed by atoms with Crippen LogP contribution < -0.4 is 10.6 Å². The van der Waals surface area contributed by atoms with E-state index in [2.05, 4.69) is 32.6 Å². The highest BCUT2D eigenvalue weighted by atomic mass is 127. The van der Waals surface area contributed by atoms with Crippen LogP contribution in [0.4, 0.5) is 0 Å². The Balaban J connectivity index is 0.00000324. The van der Waals surface area contributed by atoms with Crippen molar-refractivity contribution in [1.29, 1.82) is 0 Å². The Labute approximate surface area is 132 Å². The zero-order valence-corrected chi connectivity index (χ0v) is 14.3. The number of nitrogens with one attached hydrogen (secondary N) is 2. The molecule has 0 atom stereocenters. The predicted molar refractivity (Wildman–Crippen MR) is 88.8 cm³/mol. The molecule has 1 aromatic rings. The van der Waals surface area contributed by atoms with Gasteiger partial charge in [-0.05, 0) is 6.42 Å². The van der Waals surface area contributed by atoms with E-state index in [1.54, 1.807) is 18.1 Å². The van der Waals surface area contributed by atoms with E-state index in [9.17, 15) is 0 Å². The molecular formula is C12H25IN6. The van der Waals surface area contributed by atoms with Crippen LogP contribution >= 0.6 is 24.0 Å². The quantitative estimate of drug-likeness (QED) is 0.327. The summed E-state index contributed by atoms with van der Waals surface area (Å²) < 4.78 is 1.75. The van der Waals surface area contributed by atoms with Gasteiger partial charge in [-0.15, -0.1) is 24.0 Å². The highest BCUT2D eigenvalue weighted by molar-refractivity contribution is 14.0. The summed E-state index contributed by atoms with van der Waals surface area (Å²) in [4.78, 5) is 8.32. The van der Waals surface area contributed by atoms with E-state index in [-0.39, 0.29) is 24.0 Å². The Morgan fingerprint density at radius 1 is 1.32 bits per heavy atom. The standard InChI is InChI=1S/C12H24N6.HI/c1-4-5-6-7-8-14-12(13-2)15-9-11-16-10-17-18(11)3;/h10H,4-9H2,1-3H3,(H2,13,14,15);1H. The summed E-state index contributed by atoms with van der Waals surface area (Å²) in [5.74, 6) is 1.71. The minimum Gasteiger partial charge on any atom is -0.356 e. The summed E-state index contributed by atoms with van der Waals surface area (Å²) in [5, 5.41) is 10.5. The highest BCUT2D eigenvalue weighted by Crippen LogP contribution is 1.97. The largest absolute Gasteiger partial charge is 0.356 e. The zero-order valence-electron chi connectivity index (χ0n) is 12.0. The van der Waals surface area contributed by atoms with Crippen molar-refractivity contribution in [1.82, 2.24) is 25.4 Å².